The van der Waals surface area contributed by atoms with E-state index in [2.05, 4.69) is 35.3 Å². The molecule has 86 valence electrons. The van der Waals surface area contributed by atoms with Gasteiger partial charge in [-0.1, -0.05) is 0 Å². The molecule has 0 aliphatic carbocycles. The Labute approximate surface area is 100 Å². The van der Waals surface area contributed by atoms with Crippen LogP contribution in [0.4, 0.5) is 0 Å². The summed E-state index contributed by atoms with van der Waals surface area (Å²) < 4.78 is 2.17. The summed E-state index contributed by atoms with van der Waals surface area (Å²) in [5.41, 5.74) is 3.13. The number of hydrogen-bond acceptors (Lipinski definition) is 2. The molecule has 0 unspecified atom stereocenters. The number of nitrogens with zero attached hydrogens (tertiary/aromatic N) is 3. The SMILES string of the molecule is Cc1ccnc2c1nc(CCCl)n2C(C)C. The minimum atomic E-state index is 0.359. The second-order valence-corrected chi connectivity index (χ2v) is 4.61. The molecule has 0 spiro atoms. The Morgan fingerprint density at radius 1 is 1.44 bits per heavy atom. The molecule has 2 rings (SSSR count). The second-order valence-electron chi connectivity index (χ2n) is 4.23. The summed E-state index contributed by atoms with van der Waals surface area (Å²) in [6, 6.07) is 2.35. The molecule has 16 heavy (non-hydrogen) atoms. The van der Waals surface area contributed by atoms with Gasteiger partial charge in [-0.2, -0.15) is 0 Å². The molecule has 0 amide bonds. The van der Waals surface area contributed by atoms with Crippen molar-refractivity contribution in [3.63, 3.8) is 0 Å². The van der Waals surface area contributed by atoms with Crippen molar-refractivity contribution >= 4 is 22.8 Å². The number of hydrogen-bond donors (Lipinski definition) is 0. The molecule has 0 saturated heterocycles. The number of pyridine rings is 1. The first-order valence-electron chi connectivity index (χ1n) is 5.53. The highest BCUT2D eigenvalue weighted by Crippen LogP contribution is 2.21. The van der Waals surface area contributed by atoms with Gasteiger partial charge in [-0.25, -0.2) is 9.97 Å². The van der Waals surface area contributed by atoms with Crippen LogP contribution in [-0.4, -0.2) is 20.4 Å². The fraction of sp³-hybridized carbons (Fsp3) is 0.500. The van der Waals surface area contributed by atoms with E-state index in [1.54, 1.807) is 0 Å². The van der Waals surface area contributed by atoms with Gasteiger partial charge in [-0.15, -0.1) is 11.6 Å². The minimum absolute atomic E-state index is 0.359. The van der Waals surface area contributed by atoms with Crippen LogP contribution in [0.1, 0.15) is 31.3 Å². The lowest BCUT2D eigenvalue weighted by Crippen LogP contribution is -2.07. The third kappa shape index (κ3) is 1.80. The fourth-order valence-corrected chi connectivity index (χ4v) is 2.13. The molecule has 0 aromatic carbocycles. The van der Waals surface area contributed by atoms with Crippen molar-refractivity contribution in [1.82, 2.24) is 14.5 Å². The Kier molecular flexibility index (Phi) is 3.15. The zero-order chi connectivity index (χ0) is 11.7. The number of halogens is 1. The van der Waals surface area contributed by atoms with Gasteiger partial charge in [-0.05, 0) is 32.4 Å². The molecule has 0 N–H and O–H groups in total. The lowest BCUT2D eigenvalue weighted by Gasteiger charge is -2.11. The first kappa shape index (κ1) is 11.4. The van der Waals surface area contributed by atoms with Gasteiger partial charge >= 0.3 is 0 Å². The van der Waals surface area contributed by atoms with E-state index >= 15 is 0 Å². The third-order valence-electron chi connectivity index (χ3n) is 2.69. The number of aromatic nitrogens is 3. The van der Waals surface area contributed by atoms with Gasteiger partial charge in [0, 0.05) is 24.5 Å². The summed E-state index contributed by atoms with van der Waals surface area (Å²) in [5, 5.41) is 0. The van der Waals surface area contributed by atoms with Crippen LogP contribution in [0.5, 0.6) is 0 Å². The topological polar surface area (TPSA) is 30.7 Å². The number of alkyl halides is 1. The monoisotopic (exact) mass is 237 g/mol. The number of rotatable bonds is 3. The summed E-state index contributed by atoms with van der Waals surface area (Å²) in [7, 11) is 0. The van der Waals surface area contributed by atoms with E-state index in [0.29, 0.717) is 11.9 Å². The Morgan fingerprint density at radius 2 is 2.19 bits per heavy atom. The van der Waals surface area contributed by atoms with Crippen LogP contribution < -0.4 is 0 Å². The van der Waals surface area contributed by atoms with E-state index in [0.717, 1.165) is 23.4 Å². The van der Waals surface area contributed by atoms with E-state index in [1.807, 2.05) is 12.3 Å². The smallest absolute Gasteiger partial charge is 0.160 e. The standard InChI is InChI=1S/C12H16ClN3/c1-8(2)16-10(4-6-13)15-11-9(3)5-7-14-12(11)16/h5,7-8H,4,6H2,1-3H3. The van der Waals surface area contributed by atoms with Crippen LogP contribution in [0.15, 0.2) is 12.3 Å². The van der Waals surface area contributed by atoms with Crippen molar-refractivity contribution in [3.8, 4) is 0 Å². The second kappa shape index (κ2) is 4.42. The molecular weight excluding hydrogens is 222 g/mol. The summed E-state index contributed by atoms with van der Waals surface area (Å²) in [4.78, 5) is 9.06. The maximum atomic E-state index is 5.81. The van der Waals surface area contributed by atoms with E-state index in [9.17, 15) is 0 Å². The Hall–Kier alpha value is -1.09. The highest BCUT2D eigenvalue weighted by atomic mass is 35.5. The zero-order valence-corrected chi connectivity index (χ0v) is 10.6. The van der Waals surface area contributed by atoms with Gasteiger partial charge in [-0.3, -0.25) is 0 Å². The summed E-state index contributed by atoms with van der Waals surface area (Å²) in [6.07, 6.45) is 2.62. The molecule has 0 aliphatic rings. The number of aryl methyl sites for hydroxylation is 2. The van der Waals surface area contributed by atoms with Gasteiger partial charge in [0.05, 0.1) is 0 Å². The quantitative estimate of drug-likeness (QED) is 0.768. The van der Waals surface area contributed by atoms with Crippen LogP contribution in [0.3, 0.4) is 0 Å². The summed E-state index contributed by atoms with van der Waals surface area (Å²) >= 11 is 5.81. The van der Waals surface area contributed by atoms with Crippen molar-refractivity contribution in [2.45, 2.75) is 33.2 Å². The van der Waals surface area contributed by atoms with Crippen LogP contribution in [-0.2, 0) is 6.42 Å². The Balaban J connectivity index is 2.70. The highest BCUT2D eigenvalue weighted by molar-refractivity contribution is 6.17. The van der Waals surface area contributed by atoms with Crippen LogP contribution in [0.25, 0.3) is 11.2 Å². The van der Waals surface area contributed by atoms with E-state index in [1.165, 1.54) is 5.56 Å². The summed E-state index contributed by atoms with van der Waals surface area (Å²) in [6.45, 7) is 6.35. The lowest BCUT2D eigenvalue weighted by atomic mass is 10.3. The first-order valence-corrected chi connectivity index (χ1v) is 6.07. The summed E-state index contributed by atoms with van der Waals surface area (Å²) in [5.74, 6) is 1.62. The molecule has 0 saturated carbocycles. The molecule has 0 aliphatic heterocycles. The minimum Gasteiger partial charge on any atom is -0.310 e. The molecule has 2 heterocycles. The molecule has 3 nitrogen and oxygen atoms in total. The van der Waals surface area contributed by atoms with E-state index in [-0.39, 0.29) is 0 Å². The van der Waals surface area contributed by atoms with Gasteiger partial charge in [0.2, 0.25) is 0 Å². The molecule has 0 atom stereocenters. The average molecular weight is 238 g/mol. The maximum Gasteiger partial charge on any atom is 0.160 e. The predicted molar refractivity (Wildman–Crippen MR) is 67.1 cm³/mol. The van der Waals surface area contributed by atoms with Crippen molar-refractivity contribution in [2.24, 2.45) is 0 Å². The largest absolute Gasteiger partial charge is 0.310 e. The van der Waals surface area contributed by atoms with Crippen molar-refractivity contribution < 1.29 is 0 Å². The van der Waals surface area contributed by atoms with Crippen molar-refractivity contribution in [2.75, 3.05) is 5.88 Å². The van der Waals surface area contributed by atoms with Gasteiger partial charge in [0.15, 0.2) is 5.65 Å². The van der Waals surface area contributed by atoms with E-state index < -0.39 is 0 Å². The molecular formula is C12H16ClN3. The fourth-order valence-electron chi connectivity index (χ4n) is 1.96. The van der Waals surface area contributed by atoms with Gasteiger partial charge < -0.3 is 4.57 Å². The van der Waals surface area contributed by atoms with Gasteiger partial charge in [0.1, 0.15) is 11.3 Å². The average Bonchev–Trinajstić information content (AvgIpc) is 2.58. The van der Waals surface area contributed by atoms with Crippen molar-refractivity contribution in [3.05, 3.63) is 23.7 Å². The van der Waals surface area contributed by atoms with Crippen LogP contribution >= 0.6 is 11.6 Å². The molecule has 0 radical (unpaired) electrons. The van der Waals surface area contributed by atoms with Crippen LogP contribution in [0, 0.1) is 6.92 Å². The molecule has 0 fully saturated rings. The Morgan fingerprint density at radius 3 is 2.81 bits per heavy atom. The molecule has 2 aromatic heterocycles. The van der Waals surface area contributed by atoms with Gasteiger partial charge in [0.25, 0.3) is 0 Å². The highest BCUT2D eigenvalue weighted by Gasteiger charge is 2.14. The normalized spacial score (nSPS) is 11.6. The number of imidazole rings is 1. The van der Waals surface area contributed by atoms with E-state index in [4.69, 9.17) is 11.6 Å². The molecule has 2 aromatic rings. The van der Waals surface area contributed by atoms with Crippen molar-refractivity contribution in [1.29, 1.82) is 0 Å². The Bertz CT molecular complexity index is 502. The zero-order valence-electron chi connectivity index (χ0n) is 9.87. The maximum absolute atomic E-state index is 5.81. The molecule has 0 bridgehead atoms. The lowest BCUT2D eigenvalue weighted by molar-refractivity contribution is 0.584. The number of fused-ring (bicyclic) bond motifs is 1. The predicted octanol–water partition coefficient (Wildman–Crippen LogP) is 3.10. The molecule has 4 heteroatoms. The first-order chi connectivity index (χ1) is 7.65. The third-order valence-corrected chi connectivity index (χ3v) is 2.88. The van der Waals surface area contributed by atoms with Crippen LogP contribution in [0.2, 0.25) is 0 Å².